The molecule has 21 rings (SSSR count). The fourth-order valence-electron chi connectivity index (χ4n) is 22.6. The van der Waals surface area contributed by atoms with E-state index in [2.05, 4.69) is 224 Å². The number of anilines is 9. The molecule has 5 aliphatic heterocycles. The molecule has 10 aliphatic rings. The van der Waals surface area contributed by atoms with Crippen molar-refractivity contribution in [2.24, 2.45) is 39.9 Å². The van der Waals surface area contributed by atoms with E-state index < -0.39 is 18.9 Å². The Morgan fingerprint density at radius 1 is 0.393 bits per heavy atom. The zero-order chi connectivity index (χ0) is 93.1. The summed E-state index contributed by atoms with van der Waals surface area (Å²) in [5.74, 6) is 6.51. The molecule has 2 spiro atoms. The third-order valence-electron chi connectivity index (χ3n) is 27.1. The molecule has 11 heterocycles. The molecular formula is C107H153N13O2. The molecular weight excluding hydrogens is 1500 g/mol. The highest BCUT2D eigenvalue weighted by atomic mass is 16.3. The van der Waals surface area contributed by atoms with Gasteiger partial charge in [0.15, 0.2) is 34.4 Å². The molecule has 0 N–H and O–H groups in total. The van der Waals surface area contributed by atoms with Crippen LogP contribution in [0.3, 0.4) is 0 Å². The summed E-state index contributed by atoms with van der Waals surface area (Å²) in [6.45, 7) is 60.8. The first-order valence-electron chi connectivity index (χ1n) is 49.1. The summed E-state index contributed by atoms with van der Waals surface area (Å²) in [5, 5.41) is 3.84. The number of aryl methyl sites for hydroxylation is 7. The van der Waals surface area contributed by atoms with E-state index in [9.17, 15) is 0 Å². The zero-order valence-corrected chi connectivity index (χ0v) is 80.0. The Morgan fingerprint density at radius 3 is 1.16 bits per heavy atom. The summed E-state index contributed by atoms with van der Waals surface area (Å²) < 4.78 is 53.2. The SMILES string of the molecule is CC.CC.CC.CC.CC.Cc1ccccc1N1CC(C)(C)CC1(C)C.Cc1ccccc1N1CC2(CC1(C)C)C1CC3CC(C1)CC2C3.Cc1ccccc1N1CC2(CCCCC2)CC1(C)C.[2H]C(C)(C)N1CN(c2c(C)ccc3c2oc2nc(C)ccc23)c2nccnc21.[2H]C([2H])([2H])C([2H])(C)N1CN(c2c(C)ccc3c2oc2nc(C)ccc23)c2nccnc21. The topological polar surface area (TPSA) is 126 Å². The van der Waals surface area contributed by atoms with Crippen LogP contribution in [0.5, 0.6) is 0 Å². The Morgan fingerprint density at radius 2 is 0.762 bits per heavy atom. The van der Waals surface area contributed by atoms with Crippen molar-refractivity contribution in [1.29, 1.82) is 0 Å². The maximum Gasteiger partial charge on any atom is 0.227 e. The molecule has 6 aromatic heterocycles. The van der Waals surface area contributed by atoms with E-state index in [1.165, 1.54) is 116 Å². The number of fused-ring (bicyclic) bond motifs is 8. The van der Waals surface area contributed by atoms with Crippen LogP contribution in [0.4, 0.5) is 51.7 Å². The third kappa shape index (κ3) is 18.8. The van der Waals surface area contributed by atoms with Crippen LogP contribution in [0, 0.1) is 88.4 Å². The van der Waals surface area contributed by atoms with Crippen LogP contribution < -0.4 is 34.3 Å². The van der Waals surface area contributed by atoms with Gasteiger partial charge in [-0.2, -0.15) is 0 Å². The van der Waals surface area contributed by atoms with Gasteiger partial charge < -0.3 is 43.1 Å². The van der Waals surface area contributed by atoms with Crippen LogP contribution in [0.2, 0.25) is 0 Å². The van der Waals surface area contributed by atoms with Crippen molar-refractivity contribution < 1.29 is 15.7 Å². The molecule has 0 amide bonds. The smallest absolute Gasteiger partial charge is 0.227 e. The van der Waals surface area contributed by atoms with Gasteiger partial charge in [0.25, 0.3) is 0 Å². The molecule has 1 unspecified atom stereocenters. The van der Waals surface area contributed by atoms with E-state index >= 15 is 0 Å². The van der Waals surface area contributed by atoms with E-state index in [1.807, 2.05) is 144 Å². The van der Waals surface area contributed by atoms with Gasteiger partial charge in [-0.1, -0.05) is 181 Å². The van der Waals surface area contributed by atoms with Gasteiger partial charge in [-0.05, 0) is 292 Å². The van der Waals surface area contributed by atoms with E-state index in [1.54, 1.807) is 50.7 Å². The van der Waals surface area contributed by atoms with E-state index in [4.69, 9.17) is 15.7 Å². The summed E-state index contributed by atoms with van der Waals surface area (Å²) in [7, 11) is 0. The van der Waals surface area contributed by atoms with Crippen LogP contribution in [0.15, 0.2) is 155 Å². The van der Waals surface area contributed by atoms with Crippen LogP contribution in [0.1, 0.15) is 282 Å². The molecule has 15 nitrogen and oxygen atoms in total. The summed E-state index contributed by atoms with van der Waals surface area (Å²) >= 11 is 0. The van der Waals surface area contributed by atoms with Crippen molar-refractivity contribution in [3.8, 4) is 0 Å². The number of rotatable bonds is 7. The van der Waals surface area contributed by atoms with Crippen molar-refractivity contribution in [3.63, 3.8) is 0 Å². The van der Waals surface area contributed by atoms with Gasteiger partial charge in [0.05, 0.1) is 27.5 Å². The van der Waals surface area contributed by atoms with Crippen molar-refractivity contribution >= 4 is 95.8 Å². The molecule has 5 aromatic carbocycles. The molecule has 4 bridgehead atoms. The van der Waals surface area contributed by atoms with Gasteiger partial charge in [-0.15, -0.1) is 0 Å². The predicted octanol–water partition coefficient (Wildman–Crippen LogP) is 28.9. The summed E-state index contributed by atoms with van der Waals surface area (Å²) in [4.78, 5) is 42.4. The predicted molar refractivity (Wildman–Crippen MR) is 522 cm³/mol. The first-order chi connectivity index (χ1) is 60.3. The van der Waals surface area contributed by atoms with Crippen molar-refractivity contribution in [1.82, 2.24) is 29.9 Å². The van der Waals surface area contributed by atoms with Gasteiger partial charge in [0.2, 0.25) is 11.4 Å². The molecule has 11 aromatic rings. The summed E-state index contributed by atoms with van der Waals surface area (Å²) in [6.07, 6.45) is 25.4. The van der Waals surface area contributed by atoms with Crippen molar-refractivity contribution in [2.75, 3.05) is 67.3 Å². The highest BCUT2D eigenvalue weighted by molar-refractivity contribution is 6.11. The van der Waals surface area contributed by atoms with Crippen LogP contribution in [0.25, 0.3) is 44.1 Å². The second-order valence-electron chi connectivity index (χ2n) is 37.8. The minimum absolute atomic E-state index is 0.112. The minimum atomic E-state index is -2.54. The van der Waals surface area contributed by atoms with E-state index in [-0.39, 0.29) is 12.2 Å². The first-order valence-corrected chi connectivity index (χ1v) is 46.6. The van der Waals surface area contributed by atoms with Gasteiger partial charge in [-0.25, -0.2) is 29.9 Å². The van der Waals surface area contributed by atoms with Gasteiger partial charge in [0.1, 0.15) is 0 Å². The van der Waals surface area contributed by atoms with E-state index in [0.717, 1.165) is 97.1 Å². The van der Waals surface area contributed by atoms with Gasteiger partial charge in [0, 0.05) is 127 Å². The Balaban J connectivity index is 0.000000152. The second kappa shape index (κ2) is 38.9. The highest BCUT2D eigenvalue weighted by Gasteiger charge is 2.63. The Bertz CT molecular complexity index is 5510. The largest absolute Gasteiger partial charge is 0.435 e. The molecule has 122 heavy (non-hydrogen) atoms. The number of pyridine rings is 2. The molecule has 8 fully saturated rings. The number of aromatic nitrogens is 6. The number of para-hydroxylation sites is 3. The fraction of sp³-hybridized carbons (Fsp3) is 0.551. The first kappa shape index (κ1) is 86.3. The highest BCUT2D eigenvalue weighted by Crippen LogP contribution is 2.68. The molecule has 658 valence electrons. The molecule has 5 saturated carbocycles. The fourth-order valence-corrected chi connectivity index (χ4v) is 22.6. The molecule has 1 atom stereocenters. The van der Waals surface area contributed by atoms with Gasteiger partial charge in [-0.3, -0.25) is 0 Å². The van der Waals surface area contributed by atoms with Crippen LogP contribution >= 0.6 is 0 Å². The monoisotopic (exact) mass is 1660 g/mol. The summed E-state index contributed by atoms with van der Waals surface area (Å²) in [6, 6.07) is 40.1. The maximum atomic E-state index is 8.62. The number of hydrogen-bond acceptors (Lipinski definition) is 15. The maximum absolute atomic E-state index is 8.62. The van der Waals surface area contributed by atoms with Crippen LogP contribution in [-0.4, -0.2) is 91.5 Å². The Kier molecular flexibility index (Phi) is 27.5. The number of benzene rings is 5. The van der Waals surface area contributed by atoms with Crippen LogP contribution in [-0.2, 0) is 0 Å². The second-order valence-corrected chi connectivity index (χ2v) is 37.8. The quantitative estimate of drug-likeness (QED) is 0.150. The average molecular weight is 1660 g/mol. The normalized spacial score (nSPS) is 22.7. The van der Waals surface area contributed by atoms with Crippen molar-refractivity contribution in [3.05, 3.63) is 185 Å². The Labute approximate surface area is 742 Å². The third-order valence-corrected chi connectivity index (χ3v) is 27.1. The molecule has 0 radical (unpaired) electrons. The van der Waals surface area contributed by atoms with Gasteiger partial charge >= 0.3 is 0 Å². The minimum Gasteiger partial charge on any atom is -0.435 e. The number of hydrogen-bond donors (Lipinski definition) is 0. The lowest BCUT2D eigenvalue weighted by Crippen LogP contribution is -2.54. The molecule has 5 aliphatic carbocycles. The zero-order valence-electron chi connectivity index (χ0n) is 85.0. The Hall–Kier alpha value is -9.24. The lowest BCUT2D eigenvalue weighted by molar-refractivity contribution is -0.0993. The average Bonchev–Trinajstić information content (AvgIpc) is 1.49. The lowest BCUT2D eigenvalue weighted by atomic mass is 9.44. The standard InChI is InChI=1S/C22H31N.2C21H21N5O.C18H27N.C15H23N.5C2H6/c1-15-6-4-5-7-20(15)23-14-22(13-21(23,2)3)18-9-16-8-17(11-18)12-19(22)10-16;2*1-12(2)25-11-26(20-19(25)22-9-10-23-20)17-13(3)5-7-15-16-8-6-14(4)24-21(16)27-18(15)17;1-15-9-5-6-10-16(15)19-14-18(13-17(19,2)3)11-7-4-8-12-18;1-12-8-6-7-9-13(12)16-11-14(2,3)10-15(16,4)5;5*1-2/h4-7,16-19H,8-14H2,1-3H3;2*5-10,12H,11H2,1-4H3;5-6,9-10H,4,7-8,11-14H2,1-3H3;6-9H,10-11H2,1-5H3;5*1-2H3/i;1D3,12D;12D;;;;;;;. The van der Waals surface area contributed by atoms with E-state index in [0.29, 0.717) is 68.5 Å². The van der Waals surface area contributed by atoms with Crippen molar-refractivity contribution in [2.45, 2.75) is 313 Å². The number of furan rings is 2. The molecule has 15 heteroatoms. The number of nitrogens with zero attached hydrogens (tertiary/aromatic N) is 13. The summed E-state index contributed by atoms with van der Waals surface area (Å²) in [5.41, 5.74) is 19.2. The lowest BCUT2D eigenvalue weighted by Gasteiger charge is -2.60. The molecule has 3 saturated heterocycles.